The first-order valence-corrected chi connectivity index (χ1v) is 10.7. The van der Waals surface area contributed by atoms with Crippen molar-refractivity contribution in [2.75, 3.05) is 26.2 Å². The molecule has 0 unspecified atom stereocenters. The average molecular weight is 422 g/mol. The van der Waals surface area contributed by atoms with Crippen molar-refractivity contribution in [1.82, 2.24) is 19.6 Å². The highest BCUT2D eigenvalue weighted by Gasteiger charge is 2.19. The second kappa shape index (κ2) is 8.96. The van der Waals surface area contributed by atoms with Crippen LogP contribution in [-0.4, -0.2) is 57.7 Å². The molecule has 2 aromatic heterocycles. The lowest BCUT2D eigenvalue weighted by atomic mass is 10.2. The van der Waals surface area contributed by atoms with Gasteiger partial charge in [0.15, 0.2) is 0 Å². The molecule has 154 valence electrons. The number of amides is 3. The van der Waals surface area contributed by atoms with Gasteiger partial charge >= 0.3 is 6.03 Å². The normalized spacial score (nSPS) is 14.8. The molecule has 3 aromatic rings. The Morgan fingerprint density at radius 2 is 1.77 bits per heavy atom. The van der Waals surface area contributed by atoms with Crippen molar-refractivity contribution in [2.45, 2.75) is 6.42 Å². The van der Waals surface area contributed by atoms with E-state index < -0.39 is 6.03 Å². The molecule has 4 rings (SSSR count). The summed E-state index contributed by atoms with van der Waals surface area (Å²) in [5.41, 5.74) is 8.05. The number of benzene rings is 1. The maximum atomic E-state index is 12.8. The molecule has 7 nitrogen and oxygen atoms in total. The molecule has 8 heteroatoms. The Labute approximate surface area is 179 Å². The van der Waals surface area contributed by atoms with E-state index in [0.717, 1.165) is 28.2 Å². The zero-order chi connectivity index (χ0) is 20.9. The van der Waals surface area contributed by atoms with Crippen LogP contribution in [0.5, 0.6) is 0 Å². The monoisotopic (exact) mass is 421 g/mol. The number of carbonyl (C=O) groups excluding carboxylic acids is 2. The first kappa shape index (κ1) is 19.9. The maximum absolute atomic E-state index is 12.8. The van der Waals surface area contributed by atoms with E-state index in [2.05, 4.69) is 0 Å². The highest BCUT2D eigenvalue weighted by Crippen LogP contribution is 2.28. The standard InChI is InChI=1S/C22H23N5O2S/c23-22(29)26-12-5-11-25(13-14-26)20(28)10-9-17-16-27(18-6-2-1-3-7-18)24-21(17)19-8-4-15-30-19/h1-4,6-10,15-16H,5,11-14H2,(H2,23,29). The molecule has 0 radical (unpaired) electrons. The van der Waals surface area contributed by atoms with Gasteiger partial charge in [-0.3, -0.25) is 4.79 Å². The summed E-state index contributed by atoms with van der Waals surface area (Å²) in [6.45, 7) is 2.12. The molecule has 0 saturated carbocycles. The van der Waals surface area contributed by atoms with Gasteiger partial charge in [0.25, 0.3) is 0 Å². The highest BCUT2D eigenvalue weighted by atomic mass is 32.1. The summed E-state index contributed by atoms with van der Waals surface area (Å²) in [7, 11) is 0. The Balaban J connectivity index is 1.56. The number of hydrogen-bond donors (Lipinski definition) is 1. The number of primary amides is 1. The van der Waals surface area contributed by atoms with Gasteiger partial charge in [0, 0.05) is 44.0 Å². The van der Waals surface area contributed by atoms with Crippen molar-refractivity contribution < 1.29 is 9.59 Å². The summed E-state index contributed by atoms with van der Waals surface area (Å²) in [4.78, 5) is 28.5. The van der Waals surface area contributed by atoms with Crippen LogP contribution < -0.4 is 5.73 Å². The molecule has 0 spiro atoms. The molecule has 0 atom stereocenters. The molecule has 3 heterocycles. The quantitative estimate of drug-likeness (QED) is 0.657. The minimum Gasteiger partial charge on any atom is -0.351 e. The second-order valence-electron chi connectivity index (χ2n) is 7.03. The van der Waals surface area contributed by atoms with Gasteiger partial charge in [-0.2, -0.15) is 5.10 Å². The second-order valence-corrected chi connectivity index (χ2v) is 7.98. The summed E-state index contributed by atoms with van der Waals surface area (Å²) in [6, 6.07) is 13.5. The topological polar surface area (TPSA) is 84.5 Å². The van der Waals surface area contributed by atoms with Crippen molar-refractivity contribution >= 4 is 29.4 Å². The van der Waals surface area contributed by atoms with Gasteiger partial charge in [-0.15, -0.1) is 11.3 Å². The molecule has 0 aliphatic carbocycles. The summed E-state index contributed by atoms with van der Waals surface area (Å²) >= 11 is 1.61. The van der Waals surface area contributed by atoms with Crippen LogP contribution in [0, 0.1) is 0 Å². The minimum absolute atomic E-state index is 0.0779. The first-order valence-electron chi connectivity index (χ1n) is 9.82. The van der Waals surface area contributed by atoms with Gasteiger partial charge < -0.3 is 15.5 Å². The Kier molecular flexibility index (Phi) is 5.94. The van der Waals surface area contributed by atoms with Crippen LogP contribution in [0.3, 0.4) is 0 Å². The Hall–Kier alpha value is -3.39. The van der Waals surface area contributed by atoms with Crippen LogP contribution in [0.1, 0.15) is 12.0 Å². The molecule has 3 amide bonds. The predicted octanol–water partition coefficient (Wildman–Crippen LogP) is 3.23. The minimum atomic E-state index is -0.436. The van der Waals surface area contributed by atoms with E-state index in [0.29, 0.717) is 26.2 Å². The molecule has 1 aliphatic rings. The lowest BCUT2D eigenvalue weighted by molar-refractivity contribution is -0.125. The SMILES string of the molecule is NC(=O)N1CCCN(C(=O)C=Cc2cn(-c3ccccc3)nc2-c2cccs2)CC1. The summed E-state index contributed by atoms with van der Waals surface area (Å²) < 4.78 is 1.83. The number of rotatable bonds is 4. The number of carbonyl (C=O) groups is 2. The van der Waals surface area contributed by atoms with Crippen molar-refractivity contribution in [3.8, 4) is 16.3 Å². The number of para-hydroxylation sites is 1. The van der Waals surface area contributed by atoms with E-state index in [1.54, 1.807) is 27.2 Å². The van der Waals surface area contributed by atoms with Crippen LogP contribution >= 0.6 is 11.3 Å². The number of nitrogens with two attached hydrogens (primary N) is 1. The van der Waals surface area contributed by atoms with E-state index in [4.69, 9.17) is 10.8 Å². The smallest absolute Gasteiger partial charge is 0.314 e. The summed E-state index contributed by atoms with van der Waals surface area (Å²) in [5, 5.41) is 6.76. The van der Waals surface area contributed by atoms with E-state index in [9.17, 15) is 9.59 Å². The predicted molar refractivity (Wildman–Crippen MR) is 118 cm³/mol. The highest BCUT2D eigenvalue weighted by molar-refractivity contribution is 7.13. The van der Waals surface area contributed by atoms with Crippen molar-refractivity contribution in [3.05, 3.63) is 65.7 Å². The fourth-order valence-corrected chi connectivity index (χ4v) is 4.18. The molecule has 1 aromatic carbocycles. The van der Waals surface area contributed by atoms with E-state index in [1.807, 2.05) is 64.8 Å². The zero-order valence-electron chi connectivity index (χ0n) is 16.5. The molecule has 30 heavy (non-hydrogen) atoms. The maximum Gasteiger partial charge on any atom is 0.314 e. The molecular formula is C22H23N5O2S. The number of urea groups is 1. The third-order valence-corrected chi connectivity index (χ3v) is 5.92. The van der Waals surface area contributed by atoms with Crippen LogP contribution in [0.2, 0.25) is 0 Å². The van der Waals surface area contributed by atoms with Crippen molar-refractivity contribution in [2.24, 2.45) is 5.73 Å². The van der Waals surface area contributed by atoms with E-state index in [-0.39, 0.29) is 5.91 Å². The fraction of sp³-hybridized carbons (Fsp3) is 0.227. The van der Waals surface area contributed by atoms with E-state index in [1.165, 1.54) is 0 Å². The fourth-order valence-electron chi connectivity index (χ4n) is 3.45. The van der Waals surface area contributed by atoms with Crippen LogP contribution in [0.25, 0.3) is 22.3 Å². The van der Waals surface area contributed by atoms with Crippen LogP contribution in [0.4, 0.5) is 4.79 Å². The molecule has 1 fully saturated rings. The molecule has 0 bridgehead atoms. The largest absolute Gasteiger partial charge is 0.351 e. The third kappa shape index (κ3) is 4.44. The van der Waals surface area contributed by atoms with Gasteiger partial charge in [0.2, 0.25) is 5.91 Å². The summed E-state index contributed by atoms with van der Waals surface area (Å²) in [6.07, 6.45) is 6.06. The summed E-state index contributed by atoms with van der Waals surface area (Å²) in [5.74, 6) is -0.0779. The van der Waals surface area contributed by atoms with Gasteiger partial charge in [-0.1, -0.05) is 24.3 Å². The van der Waals surface area contributed by atoms with Crippen LogP contribution in [0.15, 0.2) is 60.1 Å². The molecule has 2 N–H and O–H groups in total. The Morgan fingerprint density at radius 1 is 1.00 bits per heavy atom. The lowest BCUT2D eigenvalue weighted by Gasteiger charge is -2.19. The zero-order valence-corrected chi connectivity index (χ0v) is 17.3. The lowest BCUT2D eigenvalue weighted by Crippen LogP contribution is -2.39. The van der Waals surface area contributed by atoms with Crippen LogP contribution in [-0.2, 0) is 4.79 Å². The number of thiophene rings is 1. The molecule has 1 saturated heterocycles. The first-order chi connectivity index (χ1) is 14.6. The number of nitrogens with zero attached hydrogens (tertiary/aromatic N) is 4. The number of aromatic nitrogens is 2. The average Bonchev–Trinajstić information content (AvgIpc) is 3.36. The third-order valence-electron chi connectivity index (χ3n) is 5.04. The van der Waals surface area contributed by atoms with Crippen molar-refractivity contribution in [3.63, 3.8) is 0 Å². The number of hydrogen-bond acceptors (Lipinski definition) is 4. The molecule has 1 aliphatic heterocycles. The van der Waals surface area contributed by atoms with Gasteiger partial charge in [0.05, 0.1) is 10.6 Å². The Bertz CT molecular complexity index is 1040. The van der Waals surface area contributed by atoms with Gasteiger partial charge in [-0.25, -0.2) is 9.48 Å². The van der Waals surface area contributed by atoms with Gasteiger partial charge in [-0.05, 0) is 36.1 Å². The van der Waals surface area contributed by atoms with Crippen molar-refractivity contribution in [1.29, 1.82) is 0 Å². The van der Waals surface area contributed by atoms with E-state index >= 15 is 0 Å². The molecular weight excluding hydrogens is 398 g/mol. The Morgan fingerprint density at radius 3 is 2.50 bits per heavy atom. The van der Waals surface area contributed by atoms with Gasteiger partial charge in [0.1, 0.15) is 5.69 Å².